The third-order valence-electron chi connectivity index (χ3n) is 8.00. The average molecular weight is 620 g/mol. The lowest BCUT2D eigenvalue weighted by molar-refractivity contribution is -0.111. The van der Waals surface area contributed by atoms with Gasteiger partial charge in [-0.3, -0.25) is 9.78 Å². The first-order chi connectivity index (χ1) is 22.4. The minimum atomic E-state index is -0.160. The van der Waals surface area contributed by atoms with Crippen LogP contribution in [0.5, 0.6) is 6.01 Å². The van der Waals surface area contributed by atoms with E-state index in [9.17, 15) is 4.79 Å². The van der Waals surface area contributed by atoms with Crippen molar-refractivity contribution < 1.29 is 9.53 Å². The van der Waals surface area contributed by atoms with Crippen molar-refractivity contribution in [2.24, 2.45) is 0 Å². The van der Waals surface area contributed by atoms with E-state index in [1.165, 1.54) is 0 Å². The van der Waals surface area contributed by atoms with Crippen LogP contribution in [0.3, 0.4) is 0 Å². The Morgan fingerprint density at radius 2 is 2.04 bits per heavy atom. The molecule has 1 saturated heterocycles. The predicted octanol–water partition coefficient (Wildman–Crippen LogP) is 5.26. The number of fused-ring (bicyclic) bond motifs is 2. The van der Waals surface area contributed by atoms with Gasteiger partial charge in [-0.1, -0.05) is 50.3 Å². The number of anilines is 2. The number of hydrogen-bond acceptors (Lipinski definition) is 9. The number of rotatable bonds is 11. The molecule has 11 nitrogen and oxygen atoms in total. The van der Waals surface area contributed by atoms with Crippen molar-refractivity contribution in [3.8, 4) is 17.3 Å². The van der Waals surface area contributed by atoms with Gasteiger partial charge in [-0.05, 0) is 68.5 Å². The van der Waals surface area contributed by atoms with E-state index in [1.807, 2.05) is 67.7 Å². The van der Waals surface area contributed by atoms with Crippen LogP contribution in [0.2, 0.25) is 0 Å². The first-order valence-electron chi connectivity index (χ1n) is 15.8. The first-order valence-corrected chi connectivity index (χ1v) is 15.8. The Kier molecular flexibility index (Phi) is 9.51. The first kappa shape index (κ1) is 31.1. The SMILES string of the molecule is CC(C)c1cnn2c(NCc3ccccc3-c3nccc4cc(NC(=O)/C=C/CN(C)C)ccc34)nc(O[C@@H]3CCCNC3)nc12. The monoisotopic (exact) mass is 619 g/mol. The molecule has 0 spiro atoms. The molecule has 6 rings (SSSR count). The number of ether oxygens (including phenoxy) is 1. The minimum absolute atomic E-state index is 0.0287. The molecule has 1 amide bonds. The molecular weight excluding hydrogens is 578 g/mol. The van der Waals surface area contributed by atoms with Gasteiger partial charge >= 0.3 is 6.01 Å². The number of benzene rings is 2. The van der Waals surface area contributed by atoms with Gasteiger partial charge in [-0.25, -0.2) is 0 Å². The molecule has 11 heteroatoms. The van der Waals surface area contributed by atoms with Crippen molar-refractivity contribution in [3.63, 3.8) is 0 Å². The molecule has 3 aromatic heterocycles. The van der Waals surface area contributed by atoms with Crippen LogP contribution in [0.1, 0.15) is 43.7 Å². The summed E-state index contributed by atoms with van der Waals surface area (Å²) in [4.78, 5) is 28.8. The highest BCUT2D eigenvalue weighted by molar-refractivity contribution is 6.02. The molecule has 1 aliphatic rings. The highest BCUT2D eigenvalue weighted by atomic mass is 16.5. The second-order valence-corrected chi connectivity index (χ2v) is 12.2. The number of hydrogen-bond donors (Lipinski definition) is 3. The molecule has 238 valence electrons. The zero-order valence-corrected chi connectivity index (χ0v) is 26.8. The molecule has 1 fully saturated rings. The maximum absolute atomic E-state index is 12.4. The van der Waals surface area contributed by atoms with Gasteiger partial charge in [0.1, 0.15) is 6.10 Å². The van der Waals surface area contributed by atoms with E-state index in [1.54, 1.807) is 16.8 Å². The van der Waals surface area contributed by atoms with Gasteiger partial charge in [0.15, 0.2) is 5.65 Å². The van der Waals surface area contributed by atoms with E-state index < -0.39 is 0 Å². The van der Waals surface area contributed by atoms with Crippen molar-refractivity contribution >= 4 is 34.0 Å². The lowest BCUT2D eigenvalue weighted by atomic mass is 9.99. The number of pyridine rings is 1. The third kappa shape index (κ3) is 7.16. The lowest BCUT2D eigenvalue weighted by Gasteiger charge is -2.23. The Morgan fingerprint density at radius 1 is 1.17 bits per heavy atom. The van der Waals surface area contributed by atoms with Crippen molar-refractivity contribution in [1.82, 2.24) is 34.8 Å². The molecule has 3 N–H and O–H groups in total. The summed E-state index contributed by atoms with van der Waals surface area (Å²) in [6, 6.07) is 16.4. The zero-order valence-electron chi connectivity index (χ0n) is 26.8. The van der Waals surface area contributed by atoms with E-state index >= 15 is 0 Å². The van der Waals surface area contributed by atoms with E-state index in [0.717, 1.165) is 70.4 Å². The maximum atomic E-state index is 12.4. The van der Waals surface area contributed by atoms with Crippen LogP contribution in [-0.4, -0.2) is 75.2 Å². The second-order valence-electron chi connectivity index (χ2n) is 12.2. The molecule has 1 aliphatic heterocycles. The highest BCUT2D eigenvalue weighted by Crippen LogP contribution is 2.31. The fourth-order valence-electron chi connectivity index (χ4n) is 5.62. The van der Waals surface area contributed by atoms with Gasteiger partial charge in [0.25, 0.3) is 0 Å². The smallest absolute Gasteiger partial charge is 0.322 e. The van der Waals surface area contributed by atoms with Crippen LogP contribution in [0, 0.1) is 0 Å². The summed E-state index contributed by atoms with van der Waals surface area (Å²) in [6.07, 6.45) is 9.12. The lowest BCUT2D eigenvalue weighted by Crippen LogP contribution is -2.37. The molecule has 4 heterocycles. The van der Waals surface area contributed by atoms with Gasteiger partial charge in [0.05, 0.1) is 11.9 Å². The molecule has 0 radical (unpaired) electrons. The van der Waals surface area contributed by atoms with E-state index in [0.29, 0.717) is 25.0 Å². The van der Waals surface area contributed by atoms with Gasteiger partial charge in [-0.15, -0.1) is 0 Å². The van der Waals surface area contributed by atoms with Crippen LogP contribution >= 0.6 is 0 Å². The third-order valence-corrected chi connectivity index (χ3v) is 8.00. The largest absolute Gasteiger partial charge is 0.459 e. The van der Waals surface area contributed by atoms with E-state index in [2.05, 4.69) is 47.0 Å². The summed E-state index contributed by atoms with van der Waals surface area (Å²) in [5, 5.41) is 16.5. The summed E-state index contributed by atoms with van der Waals surface area (Å²) in [6.45, 7) is 7.22. The second kappa shape index (κ2) is 14.1. The number of amides is 1. The Bertz CT molecular complexity index is 1860. The zero-order chi connectivity index (χ0) is 32.0. The van der Waals surface area contributed by atoms with Crippen LogP contribution in [0.15, 0.2) is 73.1 Å². The van der Waals surface area contributed by atoms with E-state index in [4.69, 9.17) is 19.7 Å². The van der Waals surface area contributed by atoms with E-state index in [-0.39, 0.29) is 17.9 Å². The van der Waals surface area contributed by atoms with Gasteiger partial charge in [0.2, 0.25) is 11.9 Å². The van der Waals surface area contributed by atoms with Crippen molar-refractivity contribution in [3.05, 3.63) is 84.2 Å². The van der Waals surface area contributed by atoms with Crippen molar-refractivity contribution in [2.45, 2.75) is 45.3 Å². The van der Waals surface area contributed by atoms with Gasteiger partial charge < -0.3 is 25.6 Å². The quantitative estimate of drug-likeness (QED) is 0.170. The molecule has 1 atom stereocenters. The Hall–Kier alpha value is -4.87. The highest BCUT2D eigenvalue weighted by Gasteiger charge is 2.20. The number of aromatic nitrogens is 5. The number of nitrogens with zero attached hydrogens (tertiary/aromatic N) is 6. The molecule has 0 saturated carbocycles. The fourth-order valence-corrected chi connectivity index (χ4v) is 5.62. The topological polar surface area (TPSA) is 122 Å². The van der Waals surface area contributed by atoms with Crippen molar-refractivity contribution in [2.75, 3.05) is 44.4 Å². The standard InChI is InChI=1S/C35H41N9O2/c1-23(2)30-22-39-44-33(30)41-35(46-27-10-7-16-36-21-27)42-34(44)38-20-25-9-5-6-11-28(25)32-29-14-13-26(19-24(29)15-17-37-32)40-31(45)12-8-18-43(3)4/h5-6,8-9,11-15,17,19,22-23,27,36H,7,10,16,18,20-21H2,1-4H3,(H,40,45)(H,38,41,42)/b12-8+/t27-/m1/s1. The number of carbonyl (C=O) groups excluding carboxylic acids is 1. The van der Waals surface area contributed by atoms with Crippen LogP contribution in [-0.2, 0) is 11.3 Å². The number of likely N-dealkylation sites (N-methyl/N-ethyl adjacent to an activating group) is 1. The van der Waals surface area contributed by atoms with Crippen LogP contribution < -0.4 is 20.7 Å². The Balaban J connectivity index is 1.27. The summed E-state index contributed by atoms with van der Waals surface area (Å²) in [5.74, 6) is 0.653. The van der Waals surface area contributed by atoms with Crippen molar-refractivity contribution in [1.29, 1.82) is 0 Å². The summed E-state index contributed by atoms with van der Waals surface area (Å²) in [5.41, 5.74) is 5.43. The Labute approximate surface area is 269 Å². The number of piperidine rings is 1. The number of nitrogens with one attached hydrogen (secondary N) is 3. The van der Waals surface area contributed by atoms with Gasteiger partial charge in [0, 0.05) is 54.1 Å². The average Bonchev–Trinajstić information content (AvgIpc) is 3.48. The van der Waals surface area contributed by atoms with Gasteiger partial charge in [-0.2, -0.15) is 19.6 Å². The summed E-state index contributed by atoms with van der Waals surface area (Å²) in [7, 11) is 3.92. The normalized spacial score (nSPS) is 15.3. The predicted molar refractivity (Wildman–Crippen MR) is 182 cm³/mol. The van der Waals surface area contributed by atoms with Crippen LogP contribution in [0.4, 0.5) is 11.6 Å². The molecule has 2 aromatic carbocycles. The Morgan fingerprint density at radius 3 is 2.85 bits per heavy atom. The summed E-state index contributed by atoms with van der Waals surface area (Å²) >= 11 is 0. The van der Waals surface area contributed by atoms with Crippen LogP contribution in [0.25, 0.3) is 27.7 Å². The number of carbonyl (C=O) groups is 1. The molecule has 46 heavy (non-hydrogen) atoms. The molecule has 5 aromatic rings. The fraction of sp³-hybridized carbons (Fsp3) is 0.343. The molecular formula is C35H41N9O2. The molecule has 0 aliphatic carbocycles. The minimum Gasteiger partial charge on any atom is -0.459 e. The molecule has 0 bridgehead atoms. The summed E-state index contributed by atoms with van der Waals surface area (Å²) < 4.78 is 8.01. The maximum Gasteiger partial charge on any atom is 0.322 e. The molecule has 0 unspecified atom stereocenters.